The molecule has 0 amide bonds. The Labute approximate surface area is 200 Å². The monoisotopic (exact) mass is 490 g/mol. The predicted octanol–water partition coefficient (Wildman–Crippen LogP) is 8.62. The lowest BCUT2D eigenvalue weighted by Gasteiger charge is -2.25. The van der Waals surface area contributed by atoms with Crippen LogP contribution < -0.4 is 4.74 Å². The minimum absolute atomic E-state index is 0.0441. The topological polar surface area (TPSA) is 9.23 Å². The third-order valence-electron chi connectivity index (χ3n) is 6.49. The number of benzene rings is 3. The molecule has 0 unspecified atom stereocenters. The molecule has 7 heteroatoms. The van der Waals surface area contributed by atoms with E-state index in [-0.39, 0.29) is 33.4 Å². The van der Waals surface area contributed by atoms with Crippen molar-refractivity contribution in [3.05, 3.63) is 65.2 Å². The molecule has 1 aliphatic carbocycles. The standard InChI is InChI=1S/C28H24F6O/c1-2-3-16-4-6-17(7-5-16)8-9-18-12-22(29)25(23(30)13-18)19-10-11-21-20(14-19)15-24(31)27(26(21)32)35-28(33)34/h10-17,28H,2-7H2,1H3. The summed E-state index contributed by atoms with van der Waals surface area (Å²) in [6.07, 6.45) is 6.59. The van der Waals surface area contributed by atoms with Crippen LogP contribution in [0, 0.1) is 46.9 Å². The van der Waals surface area contributed by atoms with Crippen LogP contribution in [0.5, 0.6) is 5.75 Å². The van der Waals surface area contributed by atoms with Crippen LogP contribution in [0.4, 0.5) is 26.3 Å². The second-order valence-corrected chi connectivity index (χ2v) is 8.91. The van der Waals surface area contributed by atoms with Gasteiger partial charge in [0, 0.05) is 16.9 Å². The molecule has 4 rings (SSSR count). The van der Waals surface area contributed by atoms with Crippen LogP contribution in [0.15, 0.2) is 36.4 Å². The molecule has 0 heterocycles. The molecule has 1 fully saturated rings. The Morgan fingerprint density at radius 3 is 2.23 bits per heavy atom. The molecule has 1 nitrogen and oxygen atoms in total. The van der Waals surface area contributed by atoms with Gasteiger partial charge in [-0.1, -0.05) is 43.7 Å². The lowest BCUT2D eigenvalue weighted by atomic mass is 9.80. The fraction of sp³-hybridized carbons (Fsp3) is 0.357. The van der Waals surface area contributed by atoms with Gasteiger partial charge < -0.3 is 4.74 Å². The van der Waals surface area contributed by atoms with E-state index in [4.69, 9.17) is 0 Å². The molecular formula is C28H24F6O. The van der Waals surface area contributed by atoms with Crippen molar-refractivity contribution in [3.8, 4) is 28.7 Å². The fourth-order valence-corrected chi connectivity index (χ4v) is 4.77. The summed E-state index contributed by atoms with van der Waals surface area (Å²) in [5.41, 5.74) is -0.111. The number of rotatable bonds is 5. The summed E-state index contributed by atoms with van der Waals surface area (Å²) in [4.78, 5) is 0. The molecular weight excluding hydrogens is 466 g/mol. The maximum absolute atomic E-state index is 14.9. The Morgan fingerprint density at radius 1 is 0.914 bits per heavy atom. The maximum Gasteiger partial charge on any atom is 0.387 e. The number of alkyl halides is 2. The molecule has 0 aliphatic heterocycles. The van der Waals surface area contributed by atoms with Crippen LogP contribution in [0.3, 0.4) is 0 Å². The number of ether oxygens (including phenoxy) is 1. The Balaban J connectivity index is 1.60. The van der Waals surface area contributed by atoms with E-state index in [0.717, 1.165) is 55.9 Å². The summed E-state index contributed by atoms with van der Waals surface area (Å²) in [7, 11) is 0. The fourth-order valence-electron chi connectivity index (χ4n) is 4.77. The highest BCUT2D eigenvalue weighted by atomic mass is 19.3. The summed E-state index contributed by atoms with van der Waals surface area (Å²) < 4.78 is 87.2. The number of hydrogen-bond acceptors (Lipinski definition) is 1. The summed E-state index contributed by atoms with van der Waals surface area (Å²) in [6, 6.07) is 6.62. The zero-order valence-corrected chi connectivity index (χ0v) is 19.1. The normalized spacial score (nSPS) is 17.9. The molecule has 0 radical (unpaired) electrons. The summed E-state index contributed by atoms with van der Waals surface area (Å²) in [5, 5.41) is -0.275. The zero-order chi connectivity index (χ0) is 25.1. The van der Waals surface area contributed by atoms with Crippen LogP contribution in [-0.2, 0) is 0 Å². The van der Waals surface area contributed by atoms with Gasteiger partial charge in [0.25, 0.3) is 0 Å². The average Bonchev–Trinajstić information content (AvgIpc) is 2.81. The van der Waals surface area contributed by atoms with Crippen LogP contribution in [-0.4, -0.2) is 6.61 Å². The van der Waals surface area contributed by atoms with Crippen molar-refractivity contribution in [3.63, 3.8) is 0 Å². The lowest BCUT2D eigenvalue weighted by molar-refractivity contribution is -0.0544. The van der Waals surface area contributed by atoms with Gasteiger partial charge in [0.05, 0.1) is 5.56 Å². The van der Waals surface area contributed by atoms with E-state index in [2.05, 4.69) is 23.5 Å². The van der Waals surface area contributed by atoms with Crippen LogP contribution >= 0.6 is 0 Å². The van der Waals surface area contributed by atoms with E-state index in [0.29, 0.717) is 0 Å². The van der Waals surface area contributed by atoms with Crippen LogP contribution in [0.25, 0.3) is 21.9 Å². The minimum atomic E-state index is -3.41. The SMILES string of the molecule is CCCC1CCC(C#Cc2cc(F)c(-c3ccc4c(F)c(OC(F)F)c(F)cc4c3)c(F)c2)CC1. The minimum Gasteiger partial charge on any atom is -0.429 e. The van der Waals surface area contributed by atoms with Gasteiger partial charge in [0.15, 0.2) is 17.4 Å². The van der Waals surface area contributed by atoms with Gasteiger partial charge in [-0.15, -0.1) is 0 Å². The molecule has 1 saturated carbocycles. The van der Waals surface area contributed by atoms with Crippen molar-refractivity contribution in [2.24, 2.45) is 11.8 Å². The van der Waals surface area contributed by atoms with Gasteiger partial charge >= 0.3 is 6.61 Å². The van der Waals surface area contributed by atoms with E-state index in [9.17, 15) is 26.3 Å². The first-order chi connectivity index (χ1) is 16.8. The van der Waals surface area contributed by atoms with Crippen molar-refractivity contribution in [2.45, 2.75) is 52.1 Å². The van der Waals surface area contributed by atoms with E-state index < -0.39 is 35.6 Å². The van der Waals surface area contributed by atoms with Crippen LogP contribution in [0.2, 0.25) is 0 Å². The molecule has 3 aromatic rings. The zero-order valence-electron chi connectivity index (χ0n) is 19.1. The summed E-state index contributed by atoms with van der Waals surface area (Å²) in [5.74, 6) is 1.37. The Hall–Kier alpha value is -3.14. The van der Waals surface area contributed by atoms with E-state index in [1.165, 1.54) is 25.0 Å². The first kappa shape index (κ1) is 25.0. The molecule has 3 aromatic carbocycles. The second-order valence-electron chi connectivity index (χ2n) is 8.91. The van der Waals surface area contributed by atoms with Crippen molar-refractivity contribution >= 4 is 10.8 Å². The molecule has 0 atom stereocenters. The van der Waals surface area contributed by atoms with E-state index >= 15 is 0 Å². The molecule has 35 heavy (non-hydrogen) atoms. The highest BCUT2D eigenvalue weighted by Gasteiger charge is 2.21. The number of fused-ring (bicyclic) bond motifs is 1. The van der Waals surface area contributed by atoms with Gasteiger partial charge in [0.1, 0.15) is 11.6 Å². The predicted molar refractivity (Wildman–Crippen MR) is 123 cm³/mol. The van der Waals surface area contributed by atoms with Gasteiger partial charge in [0.2, 0.25) is 0 Å². The van der Waals surface area contributed by atoms with Crippen molar-refractivity contribution in [1.29, 1.82) is 0 Å². The van der Waals surface area contributed by atoms with Crippen LogP contribution in [0.1, 0.15) is 51.0 Å². The van der Waals surface area contributed by atoms with Gasteiger partial charge in [-0.2, -0.15) is 8.78 Å². The molecule has 0 aromatic heterocycles. The molecule has 0 N–H and O–H groups in total. The lowest BCUT2D eigenvalue weighted by Crippen LogP contribution is -2.13. The number of halogens is 6. The van der Waals surface area contributed by atoms with Crippen molar-refractivity contribution in [1.82, 2.24) is 0 Å². The second kappa shape index (κ2) is 10.6. The summed E-state index contributed by atoms with van der Waals surface area (Å²) >= 11 is 0. The highest BCUT2D eigenvalue weighted by molar-refractivity contribution is 5.89. The molecule has 0 bridgehead atoms. The first-order valence-electron chi connectivity index (χ1n) is 11.6. The number of hydrogen-bond donors (Lipinski definition) is 0. The third-order valence-corrected chi connectivity index (χ3v) is 6.49. The third kappa shape index (κ3) is 5.58. The average molecular weight is 490 g/mol. The first-order valence-corrected chi connectivity index (χ1v) is 11.6. The molecule has 0 saturated heterocycles. The van der Waals surface area contributed by atoms with Crippen molar-refractivity contribution < 1.29 is 31.1 Å². The van der Waals surface area contributed by atoms with Gasteiger partial charge in [-0.3, -0.25) is 0 Å². The van der Waals surface area contributed by atoms with Gasteiger partial charge in [-0.25, -0.2) is 17.6 Å². The summed E-state index contributed by atoms with van der Waals surface area (Å²) in [6.45, 7) is -1.23. The van der Waals surface area contributed by atoms with Crippen molar-refractivity contribution in [2.75, 3.05) is 0 Å². The smallest absolute Gasteiger partial charge is 0.387 e. The Morgan fingerprint density at radius 2 is 1.60 bits per heavy atom. The molecule has 1 aliphatic rings. The Bertz CT molecular complexity index is 1260. The molecule has 184 valence electrons. The highest BCUT2D eigenvalue weighted by Crippen LogP contribution is 2.35. The molecule has 0 spiro atoms. The maximum atomic E-state index is 14.9. The van der Waals surface area contributed by atoms with Gasteiger partial charge in [-0.05, 0) is 66.8 Å². The Kier molecular flexibility index (Phi) is 7.59. The van der Waals surface area contributed by atoms with E-state index in [1.54, 1.807) is 0 Å². The van der Waals surface area contributed by atoms with E-state index in [1.807, 2.05) is 0 Å². The quantitative estimate of drug-likeness (QED) is 0.257. The largest absolute Gasteiger partial charge is 0.429 e.